The molecule has 1 aliphatic heterocycles. The maximum atomic E-state index is 12.6. The summed E-state index contributed by atoms with van der Waals surface area (Å²) < 4.78 is 12.3. The average Bonchev–Trinajstić information content (AvgIpc) is 3.13. The maximum Gasteiger partial charge on any atom is 0.274 e. The van der Waals surface area contributed by atoms with Gasteiger partial charge in [0.05, 0.1) is 38.8 Å². The topological polar surface area (TPSA) is 98.5 Å². The van der Waals surface area contributed by atoms with Gasteiger partial charge in [-0.05, 0) is 0 Å². The van der Waals surface area contributed by atoms with Crippen LogP contribution < -0.4 is 4.90 Å². The molecule has 0 N–H and O–H groups in total. The lowest BCUT2D eigenvalue weighted by atomic mass is 10.3. The Labute approximate surface area is 151 Å². The summed E-state index contributed by atoms with van der Waals surface area (Å²) in [7, 11) is 3.53. The van der Waals surface area contributed by atoms with Gasteiger partial charge in [-0.2, -0.15) is 0 Å². The van der Waals surface area contributed by atoms with E-state index in [-0.39, 0.29) is 5.91 Å². The van der Waals surface area contributed by atoms with Crippen LogP contribution in [-0.2, 0) is 22.6 Å². The van der Waals surface area contributed by atoms with Crippen molar-refractivity contribution in [3.05, 3.63) is 30.2 Å². The monoisotopic (exact) mass is 361 g/mol. The molecule has 3 heterocycles. The summed E-state index contributed by atoms with van der Waals surface area (Å²) >= 11 is 0. The van der Waals surface area contributed by atoms with E-state index in [1.54, 1.807) is 24.5 Å². The second-order valence-electron chi connectivity index (χ2n) is 5.96. The van der Waals surface area contributed by atoms with Gasteiger partial charge in [0.2, 0.25) is 0 Å². The quantitative estimate of drug-likeness (QED) is 0.670. The van der Waals surface area contributed by atoms with Crippen molar-refractivity contribution in [1.82, 2.24) is 29.6 Å². The van der Waals surface area contributed by atoms with Crippen molar-refractivity contribution in [1.29, 1.82) is 0 Å². The summed E-state index contributed by atoms with van der Waals surface area (Å²) in [6, 6.07) is 0. The van der Waals surface area contributed by atoms with Gasteiger partial charge in [-0.1, -0.05) is 0 Å². The number of hydrogen-bond donors (Lipinski definition) is 0. The summed E-state index contributed by atoms with van der Waals surface area (Å²) in [5, 5.41) is 8.09. The van der Waals surface area contributed by atoms with Crippen LogP contribution in [0.2, 0.25) is 0 Å². The van der Waals surface area contributed by atoms with Gasteiger partial charge in [-0.15, -0.1) is 10.2 Å². The molecule has 10 heteroatoms. The minimum Gasteiger partial charge on any atom is -0.383 e. The molecule has 0 aromatic carbocycles. The predicted octanol–water partition coefficient (Wildman–Crippen LogP) is -0.177. The van der Waals surface area contributed by atoms with E-state index in [4.69, 9.17) is 9.47 Å². The van der Waals surface area contributed by atoms with Gasteiger partial charge in [-0.25, -0.2) is 4.98 Å². The molecule has 140 valence electrons. The number of nitrogens with zero attached hydrogens (tertiary/aromatic N) is 7. The van der Waals surface area contributed by atoms with Crippen LogP contribution in [0.1, 0.15) is 16.3 Å². The number of carbonyl (C=O) groups is 1. The minimum atomic E-state index is -0.126. The number of hydrogen-bond acceptors (Lipinski definition) is 8. The normalized spacial score (nSPS) is 14.5. The molecule has 2 aromatic rings. The molecule has 0 saturated carbocycles. The fraction of sp³-hybridized carbons (Fsp3) is 0.562. The summed E-state index contributed by atoms with van der Waals surface area (Å²) in [6.45, 7) is 4.00. The van der Waals surface area contributed by atoms with Crippen LogP contribution in [-0.4, -0.2) is 82.6 Å². The molecule has 1 aliphatic rings. The first-order chi connectivity index (χ1) is 12.7. The number of carbonyl (C=O) groups excluding carboxylic acids is 1. The van der Waals surface area contributed by atoms with Crippen LogP contribution >= 0.6 is 0 Å². The van der Waals surface area contributed by atoms with E-state index in [0.717, 1.165) is 5.82 Å². The lowest BCUT2D eigenvalue weighted by Gasteiger charge is -2.26. The number of amides is 1. The van der Waals surface area contributed by atoms with E-state index in [9.17, 15) is 4.79 Å². The second-order valence-corrected chi connectivity index (χ2v) is 5.96. The summed E-state index contributed by atoms with van der Waals surface area (Å²) in [6.07, 6.45) is 4.80. The molecule has 0 bridgehead atoms. The molecule has 1 saturated heterocycles. The Hall–Kier alpha value is -2.59. The second kappa shape index (κ2) is 8.68. The number of ether oxygens (including phenoxy) is 2. The Balaban J connectivity index is 1.69. The van der Waals surface area contributed by atoms with Crippen molar-refractivity contribution in [2.45, 2.75) is 13.1 Å². The fourth-order valence-corrected chi connectivity index (χ4v) is 2.64. The Morgan fingerprint density at radius 2 is 2.15 bits per heavy atom. The van der Waals surface area contributed by atoms with Gasteiger partial charge in [0.1, 0.15) is 17.8 Å². The minimum absolute atomic E-state index is 0.126. The zero-order chi connectivity index (χ0) is 18.4. The van der Waals surface area contributed by atoms with Crippen LogP contribution in [0.4, 0.5) is 5.82 Å². The Bertz CT molecular complexity index is 730. The van der Waals surface area contributed by atoms with Crippen molar-refractivity contribution in [3.8, 4) is 0 Å². The van der Waals surface area contributed by atoms with E-state index in [0.29, 0.717) is 57.5 Å². The number of methoxy groups -OCH3 is 1. The number of rotatable bonds is 7. The fourth-order valence-electron chi connectivity index (χ4n) is 2.64. The third kappa shape index (κ3) is 4.33. The molecule has 2 aromatic heterocycles. The van der Waals surface area contributed by atoms with Crippen LogP contribution in [0.5, 0.6) is 0 Å². The Morgan fingerprint density at radius 1 is 1.35 bits per heavy atom. The Morgan fingerprint density at radius 3 is 2.92 bits per heavy atom. The third-order valence-electron chi connectivity index (χ3n) is 4.14. The molecular weight excluding hydrogens is 338 g/mol. The summed E-state index contributed by atoms with van der Waals surface area (Å²) in [5.41, 5.74) is 0.331. The summed E-state index contributed by atoms with van der Waals surface area (Å²) in [4.78, 5) is 24.8. The highest BCUT2D eigenvalue weighted by molar-refractivity contribution is 5.92. The zero-order valence-corrected chi connectivity index (χ0v) is 15.0. The van der Waals surface area contributed by atoms with Gasteiger partial charge >= 0.3 is 0 Å². The molecule has 1 amide bonds. The lowest BCUT2D eigenvalue weighted by Crippen LogP contribution is -2.41. The number of aromatic nitrogens is 5. The van der Waals surface area contributed by atoms with Gasteiger partial charge in [0.25, 0.3) is 5.91 Å². The first-order valence-electron chi connectivity index (χ1n) is 8.45. The highest BCUT2D eigenvalue weighted by Crippen LogP contribution is 2.13. The highest BCUT2D eigenvalue weighted by Gasteiger charge is 2.21. The van der Waals surface area contributed by atoms with Crippen LogP contribution in [0.15, 0.2) is 18.7 Å². The number of anilines is 1. The third-order valence-corrected chi connectivity index (χ3v) is 4.14. The molecular formula is C16H23N7O3. The van der Waals surface area contributed by atoms with Crippen molar-refractivity contribution in [3.63, 3.8) is 0 Å². The van der Waals surface area contributed by atoms with Crippen molar-refractivity contribution < 1.29 is 14.3 Å². The van der Waals surface area contributed by atoms with Gasteiger partial charge in [0, 0.05) is 33.8 Å². The molecule has 0 unspecified atom stereocenters. The van der Waals surface area contributed by atoms with Crippen molar-refractivity contribution >= 4 is 11.7 Å². The van der Waals surface area contributed by atoms with Crippen LogP contribution in [0, 0.1) is 0 Å². The maximum absolute atomic E-state index is 12.6. The van der Waals surface area contributed by atoms with E-state index < -0.39 is 0 Å². The number of morpholine rings is 1. The van der Waals surface area contributed by atoms with E-state index >= 15 is 0 Å². The standard InChI is InChI=1S/C16H23N7O3/c1-21(11-15-20-18-12-23(15)3-6-25-2)14-10-17-9-13(19-14)16(24)22-4-7-26-8-5-22/h9-10,12H,3-8,11H2,1-2H3. The van der Waals surface area contributed by atoms with Gasteiger partial charge < -0.3 is 23.8 Å². The molecule has 10 nitrogen and oxygen atoms in total. The first-order valence-corrected chi connectivity index (χ1v) is 8.45. The molecule has 0 spiro atoms. The van der Waals surface area contributed by atoms with Gasteiger partial charge in [-0.3, -0.25) is 9.78 Å². The Kier molecular flexibility index (Phi) is 6.08. The average molecular weight is 361 g/mol. The smallest absolute Gasteiger partial charge is 0.274 e. The van der Waals surface area contributed by atoms with Crippen molar-refractivity contribution in [2.75, 3.05) is 52.0 Å². The van der Waals surface area contributed by atoms with E-state index in [1.807, 2.05) is 16.5 Å². The highest BCUT2D eigenvalue weighted by atomic mass is 16.5. The van der Waals surface area contributed by atoms with Crippen LogP contribution in [0.3, 0.4) is 0 Å². The SMILES string of the molecule is COCCn1cnnc1CN(C)c1cncc(C(=O)N2CCOCC2)n1. The van der Waals surface area contributed by atoms with Crippen molar-refractivity contribution in [2.24, 2.45) is 0 Å². The largest absolute Gasteiger partial charge is 0.383 e. The lowest BCUT2D eigenvalue weighted by molar-refractivity contribution is 0.0299. The molecule has 0 radical (unpaired) electrons. The molecule has 0 atom stereocenters. The predicted molar refractivity (Wildman–Crippen MR) is 92.8 cm³/mol. The van der Waals surface area contributed by atoms with Crippen LogP contribution in [0.25, 0.3) is 0 Å². The first kappa shape index (κ1) is 18.2. The molecule has 1 fully saturated rings. The van der Waals surface area contributed by atoms with E-state index in [1.165, 1.54) is 6.20 Å². The zero-order valence-electron chi connectivity index (χ0n) is 15.0. The summed E-state index contributed by atoms with van der Waals surface area (Å²) in [5.74, 6) is 1.26. The molecule has 26 heavy (non-hydrogen) atoms. The molecule has 3 rings (SSSR count). The van der Waals surface area contributed by atoms with E-state index in [2.05, 4.69) is 20.2 Å². The van der Waals surface area contributed by atoms with Gasteiger partial charge in [0.15, 0.2) is 5.82 Å². The molecule has 0 aliphatic carbocycles.